The Kier molecular flexibility index (Phi) is 4.62. The molecule has 0 aliphatic heterocycles. The summed E-state index contributed by atoms with van der Waals surface area (Å²) in [6, 6.07) is 17.5. The van der Waals surface area contributed by atoms with Gasteiger partial charge in [-0.2, -0.15) is 15.3 Å². The standard InChI is InChI=1S/C20H17N7/c21-11-14-4-3-5-16(10-14)25-19-13-24-27-20(26-19)22-9-8-15-12-23-18-7-2-1-6-17(15)18/h1-7,10,12-13,23H,8-9H2,(H2,22,25,26,27). The molecule has 7 nitrogen and oxygen atoms in total. The largest absolute Gasteiger partial charge is 0.361 e. The van der Waals surface area contributed by atoms with E-state index in [1.807, 2.05) is 30.5 Å². The normalized spacial score (nSPS) is 10.5. The first-order valence-electron chi connectivity index (χ1n) is 8.57. The lowest BCUT2D eigenvalue weighted by Crippen LogP contribution is -2.09. The van der Waals surface area contributed by atoms with Crippen molar-refractivity contribution in [1.29, 1.82) is 5.26 Å². The smallest absolute Gasteiger partial charge is 0.244 e. The summed E-state index contributed by atoms with van der Waals surface area (Å²) in [7, 11) is 0. The van der Waals surface area contributed by atoms with Crippen LogP contribution in [-0.4, -0.2) is 26.7 Å². The van der Waals surface area contributed by atoms with Crippen molar-refractivity contribution in [2.24, 2.45) is 0 Å². The van der Waals surface area contributed by atoms with E-state index in [1.165, 1.54) is 10.9 Å². The number of aromatic nitrogens is 4. The van der Waals surface area contributed by atoms with Crippen LogP contribution in [0.15, 0.2) is 60.9 Å². The van der Waals surface area contributed by atoms with Crippen molar-refractivity contribution < 1.29 is 0 Å². The molecule has 0 saturated carbocycles. The summed E-state index contributed by atoms with van der Waals surface area (Å²) in [6.45, 7) is 0.691. The first-order valence-corrected chi connectivity index (χ1v) is 8.57. The molecule has 0 amide bonds. The van der Waals surface area contributed by atoms with E-state index in [9.17, 15) is 0 Å². The van der Waals surface area contributed by atoms with Gasteiger partial charge in [0.1, 0.15) is 0 Å². The van der Waals surface area contributed by atoms with Crippen LogP contribution in [0.4, 0.5) is 17.5 Å². The third-order valence-corrected chi connectivity index (χ3v) is 4.18. The van der Waals surface area contributed by atoms with E-state index in [1.54, 1.807) is 18.3 Å². The third-order valence-electron chi connectivity index (χ3n) is 4.18. The van der Waals surface area contributed by atoms with Crippen LogP contribution >= 0.6 is 0 Å². The van der Waals surface area contributed by atoms with Crippen molar-refractivity contribution in [2.45, 2.75) is 6.42 Å². The molecule has 4 rings (SSSR count). The monoisotopic (exact) mass is 355 g/mol. The Morgan fingerprint density at radius 3 is 2.96 bits per heavy atom. The highest BCUT2D eigenvalue weighted by Crippen LogP contribution is 2.18. The number of H-pyrrole nitrogens is 1. The lowest BCUT2D eigenvalue weighted by Gasteiger charge is -2.07. The Morgan fingerprint density at radius 2 is 2.04 bits per heavy atom. The van der Waals surface area contributed by atoms with Gasteiger partial charge in [-0.15, -0.1) is 5.10 Å². The summed E-state index contributed by atoms with van der Waals surface area (Å²) in [4.78, 5) is 7.70. The van der Waals surface area contributed by atoms with Gasteiger partial charge in [0, 0.05) is 29.3 Å². The van der Waals surface area contributed by atoms with E-state index < -0.39 is 0 Å². The van der Waals surface area contributed by atoms with Crippen LogP contribution in [-0.2, 0) is 6.42 Å². The molecular formula is C20H17N7. The quantitative estimate of drug-likeness (QED) is 0.488. The first-order chi connectivity index (χ1) is 13.3. The summed E-state index contributed by atoms with van der Waals surface area (Å²) in [6.07, 6.45) is 4.42. The number of fused-ring (bicyclic) bond motifs is 1. The van der Waals surface area contributed by atoms with Crippen LogP contribution in [0.1, 0.15) is 11.1 Å². The van der Waals surface area contributed by atoms with E-state index in [0.29, 0.717) is 23.9 Å². The van der Waals surface area contributed by atoms with Crippen molar-refractivity contribution in [3.8, 4) is 6.07 Å². The number of hydrogen-bond donors (Lipinski definition) is 3. The summed E-state index contributed by atoms with van der Waals surface area (Å²) >= 11 is 0. The minimum absolute atomic E-state index is 0.455. The highest BCUT2D eigenvalue weighted by Gasteiger charge is 2.05. The molecule has 0 spiro atoms. The molecule has 132 valence electrons. The fourth-order valence-electron chi connectivity index (χ4n) is 2.90. The van der Waals surface area contributed by atoms with E-state index in [2.05, 4.69) is 49.0 Å². The van der Waals surface area contributed by atoms with Crippen molar-refractivity contribution in [2.75, 3.05) is 17.2 Å². The lowest BCUT2D eigenvalue weighted by atomic mass is 10.1. The van der Waals surface area contributed by atoms with Gasteiger partial charge in [0.05, 0.1) is 17.8 Å². The Morgan fingerprint density at radius 1 is 1.11 bits per heavy atom. The van der Waals surface area contributed by atoms with E-state index in [0.717, 1.165) is 17.6 Å². The molecule has 27 heavy (non-hydrogen) atoms. The van der Waals surface area contributed by atoms with Gasteiger partial charge in [0.25, 0.3) is 0 Å². The minimum atomic E-state index is 0.455. The molecule has 0 radical (unpaired) electrons. The average Bonchev–Trinajstić information content (AvgIpc) is 3.12. The SMILES string of the molecule is N#Cc1cccc(Nc2cnnc(NCCc3c[nH]c4ccccc34)n2)c1. The number of nitriles is 1. The second-order valence-corrected chi connectivity index (χ2v) is 6.02. The molecule has 0 aliphatic rings. The molecular weight excluding hydrogens is 338 g/mol. The zero-order valence-electron chi connectivity index (χ0n) is 14.5. The number of rotatable bonds is 6. The number of anilines is 3. The zero-order valence-corrected chi connectivity index (χ0v) is 14.5. The number of benzene rings is 2. The van der Waals surface area contributed by atoms with E-state index >= 15 is 0 Å². The second-order valence-electron chi connectivity index (χ2n) is 6.02. The summed E-state index contributed by atoms with van der Waals surface area (Å²) in [5.41, 5.74) is 3.74. The summed E-state index contributed by atoms with van der Waals surface area (Å²) < 4.78 is 0. The van der Waals surface area contributed by atoms with Crippen molar-refractivity contribution in [3.05, 3.63) is 72.1 Å². The van der Waals surface area contributed by atoms with Crippen LogP contribution in [0.2, 0.25) is 0 Å². The highest BCUT2D eigenvalue weighted by atomic mass is 15.3. The Balaban J connectivity index is 1.40. The van der Waals surface area contributed by atoms with Gasteiger partial charge in [-0.05, 0) is 36.2 Å². The van der Waals surface area contributed by atoms with Crippen molar-refractivity contribution in [1.82, 2.24) is 20.2 Å². The molecule has 0 aliphatic carbocycles. The maximum absolute atomic E-state index is 8.99. The van der Waals surface area contributed by atoms with Crippen LogP contribution < -0.4 is 10.6 Å². The van der Waals surface area contributed by atoms with Crippen molar-refractivity contribution in [3.63, 3.8) is 0 Å². The third kappa shape index (κ3) is 3.85. The zero-order chi connectivity index (χ0) is 18.5. The van der Waals surface area contributed by atoms with Gasteiger partial charge in [-0.1, -0.05) is 24.3 Å². The van der Waals surface area contributed by atoms with Crippen LogP contribution in [0.25, 0.3) is 10.9 Å². The van der Waals surface area contributed by atoms with Gasteiger partial charge < -0.3 is 15.6 Å². The van der Waals surface area contributed by atoms with Crippen LogP contribution in [0.3, 0.4) is 0 Å². The van der Waals surface area contributed by atoms with E-state index in [4.69, 9.17) is 5.26 Å². The minimum Gasteiger partial charge on any atom is -0.361 e. The molecule has 0 bridgehead atoms. The summed E-state index contributed by atoms with van der Waals surface area (Å²) in [5.74, 6) is 1.02. The molecule has 2 heterocycles. The Hall–Kier alpha value is -3.92. The number of para-hydroxylation sites is 1. The fourth-order valence-corrected chi connectivity index (χ4v) is 2.90. The molecule has 2 aromatic carbocycles. The Bertz CT molecular complexity index is 1110. The molecule has 4 aromatic rings. The van der Waals surface area contributed by atoms with Crippen LogP contribution in [0, 0.1) is 11.3 Å². The average molecular weight is 355 g/mol. The Labute approximate surface area is 156 Å². The summed E-state index contributed by atoms with van der Waals surface area (Å²) in [5, 5.41) is 24.6. The topological polar surface area (TPSA) is 102 Å². The van der Waals surface area contributed by atoms with Gasteiger partial charge in [0.2, 0.25) is 5.95 Å². The van der Waals surface area contributed by atoms with Crippen molar-refractivity contribution >= 4 is 28.4 Å². The molecule has 0 fully saturated rings. The number of hydrogen-bond acceptors (Lipinski definition) is 6. The number of nitrogens with one attached hydrogen (secondary N) is 3. The fraction of sp³-hybridized carbons (Fsp3) is 0.100. The highest BCUT2D eigenvalue weighted by molar-refractivity contribution is 5.83. The molecule has 0 unspecified atom stereocenters. The van der Waals surface area contributed by atoms with Gasteiger partial charge in [-0.3, -0.25) is 0 Å². The molecule has 7 heteroatoms. The molecule has 0 saturated heterocycles. The maximum Gasteiger partial charge on any atom is 0.244 e. The predicted octanol–water partition coefficient (Wildman–Crippen LogP) is 3.62. The second kappa shape index (κ2) is 7.54. The molecule has 2 aromatic heterocycles. The maximum atomic E-state index is 8.99. The molecule has 0 atom stereocenters. The van der Waals surface area contributed by atoms with Gasteiger partial charge >= 0.3 is 0 Å². The first kappa shape index (κ1) is 16.5. The number of aromatic amines is 1. The van der Waals surface area contributed by atoms with Crippen LogP contribution in [0.5, 0.6) is 0 Å². The van der Waals surface area contributed by atoms with E-state index in [-0.39, 0.29) is 0 Å². The van der Waals surface area contributed by atoms with Gasteiger partial charge in [0.15, 0.2) is 5.82 Å². The predicted molar refractivity (Wildman–Crippen MR) is 105 cm³/mol. The van der Waals surface area contributed by atoms with Gasteiger partial charge in [-0.25, -0.2) is 0 Å². The molecule has 3 N–H and O–H groups in total. The lowest BCUT2D eigenvalue weighted by molar-refractivity contribution is 0.931. The number of nitrogens with zero attached hydrogens (tertiary/aromatic N) is 4.